The summed E-state index contributed by atoms with van der Waals surface area (Å²) in [7, 11) is 0. The molecule has 86 valence electrons. The molecule has 0 bridgehead atoms. The monoisotopic (exact) mass is 256 g/mol. The van der Waals surface area contributed by atoms with E-state index in [1.165, 1.54) is 0 Å². The molecule has 0 aromatic heterocycles. The molecule has 0 radical (unpaired) electrons. The molecule has 0 fully saturated rings. The van der Waals surface area contributed by atoms with Gasteiger partial charge in [0.25, 0.3) is 0 Å². The molecule has 0 saturated heterocycles. The van der Waals surface area contributed by atoms with Crippen LogP contribution in [0, 0.1) is 0 Å². The molecule has 0 atom stereocenters. The fourth-order valence-corrected chi connectivity index (χ4v) is 0.158. The zero-order valence-electron chi connectivity index (χ0n) is 7.93. The maximum atomic E-state index is 8.07. The van der Waals surface area contributed by atoms with Crippen molar-refractivity contribution in [3.05, 3.63) is 0 Å². The highest BCUT2D eigenvalue weighted by Gasteiger charge is 1.78. The summed E-state index contributed by atoms with van der Waals surface area (Å²) in [5, 5.41) is 15.6. The van der Waals surface area contributed by atoms with Crippen molar-refractivity contribution in [3.63, 3.8) is 0 Å². The quantitative estimate of drug-likeness (QED) is 0.742. The summed E-state index contributed by atoms with van der Waals surface area (Å²) < 4.78 is -0.750. The van der Waals surface area contributed by atoms with E-state index in [0.29, 0.717) is 6.61 Å². The van der Waals surface area contributed by atoms with E-state index in [2.05, 4.69) is 6.92 Å². The number of hydrogen-bond donors (Lipinski definition) is 2. The molecule has 0 heterocycles. The molecule has 0 aromatic rings. The van der Waals surface area contributed by atoms with Crippen LogP contribution in [0.3, 0.4) is 0 Å². The molecule has 0 amide bonds. The molecule has 0 spiro atoms. The molecule has 0 aliphatic carbocycles. The molecule has 0 aromatic carbocycles. The van der Waals surface area contributed by atoms with E-state index in [-0.39, 0.29) is 12.1 Å². The highest BCUT2D eigenvalue weighted by atomic mass is 35.6. The zero-order valence-corrected chi connectivity index (χ0v) is 10.2. The highest BCUT2D eigenvalue weighted by Crippen LogP contribution is 2.03. The first-order valence-corrected chi connectivity index (χ1v) is 5.01. The van der Waals surface area contributed by atoms with Crippen LogP contribution in [0.25, 0.3) is 0 Å². The first kappa shape index (κ1) is 23.5. The Hall–Kier alpha value is 0.750. The summed E-state index contributed by atoms with van der Waals surface area (Å²) in [6.45, 7) is 4.33. The summed E-state index contributed by atoms with van der Waals surface area (Å²) in [4.78, 5) is 0. The average molecular weight is 258 g/mol. The topological polar surface area (TPSA) is 72.0 Å². The van der Waals surface area contributed by atoms with Gasteiger partial charge in [-0.25, -0.2) is 0 Å². The number of halogens is 3. The lowest BCUT2D eigenvalue weighted by atomic mass is 10.4. The Morgan fingerprint density at radius 2 is 1.31 bits per heavy atom. The van der Waals surface area contributed by atoms with Gasteiger partial charge in [-0.05, 0) is 13.3 Å². The smallest absolute Gasteiger partial charge is 0.180 e. The Bertz CT molecular complexity index is 51.5. The third-order valence-electron chi connectivity index (χ3n) is 0.512. The normalized spacial score (nSPS) is 7.38. The molecule has 4 N–H and O–H groups in total. The second kappa shape index (κ2) is 29.3. The standard InChI is InChI=1S/C4H10O.C2H6O.CHCl3.H2O/c1-2-3-4-5;1-2-3;2-1(3)4;/h5H,2-4H2,1H3;3H,2H2,1H3;1H;1H2. The number of unbranched alkanes of at least 4 members (excludes halogenated alkanes) is 1. The summed E-state index contributed by atoms with van der Waals surface area (Å²) in [6, 6.07) is 0. The van der Waals surface area contributed by atoms with Crippen LogP contribution in [-0.4, -0.2) is 33.2 Å². The Balaban J connectivity index is -0.0000000465. The highest BCUT2D eigenvalue weighted by molar-refractivity contribution is 6.63. The van der Waals surface area contributed by atoms with Gasteiger partial charge < -0.3 is 15.7 Å². The maximum absolute atomic E-state index is 8.07. The predicted octanol–water partition coefficient (Wildman–Crippen LogP) is 1.94. The average Bonchev–Trinajstić information content (AvgIpc) is 1.89. The van der Waals surface area contributed by atoms with Gasteiger partial charge in [-0.3, -0.25) is 0 Å². The second-order valence-electron chi connectivity index (χ2n) is 1.64. The van der Waals surface area contributed by atoms with Crippen molar-refractivity contribution in [2.45, 2.75) is 31.0 Å². The molecule has 13 heavy (non-hydrogen) atoms. The van der Waals surface area contributed by atoms with Crippen molar-refractivity contribution < 1.29 is 15.7 Å². The lowest BCUT2D eigenvalue weighted by Gasteiger charge is -1.79. The zero-order chi connectivity index (χ0) is 10.4. The van der Waals surface area contributed by atoms with Crippen molar-refractivity contribution in [1.29, 1.82) is 0 Å². The lowest BCUT2D eigenvalue weighted by molar-refractivity contribution is 0.287. The Morgan fingerprint density at radius 1 is 1.08 bits per heavy atom. The van der Waals surface area contributed by atoms with E-state index < -0.39 is 4.30 Å². The Morgan fingerprint density at radius 3 is 1.31 bits per heavy atom. The molecule has 0 aliphatic rings. The van der Waals surface area contributed by atoms with Crippen LogP contribution in [0.5, 0.6) is 0 Å². The summed E-state index contributed by atoms with van der Waals surface area (Å²) in [5.41, 5.74) is 0. The maximum Gasteiger partial charge on any atom is 0.180 e. The van der Waals surface area contributed by atoms with Crippen LogP contribution in [0.1, 0.15) is 26.7 Å². The third kappa shape index (κ3) is 195. The number of rotatable bonds is 2. The van der Waals surface area contributed by atoms with Gasteiger partial charge in [-0.15, -0.1) is 0 Å². The first-order valence-electron chi connectivity index (χ1n) is 3.70. The van der Waals surface area contributed by atoms with E-state index in [9.17, 15) is 0 Å². The van der Waals surface area contributed by atoms with Crippen molar-refractivity contribution in [2.75, 3.05) is 13.2 Å². The van der Waals surface area contributed by atoms with Crippen LogP contribution in [0.2, 0.25) is 0 Å². The van der Waals surface area contributed by atoms with E-state index in [1.807, 2.05) is 0 Å². The van der Waals surface area contributed by atoms with Crippen LogP contribution < -0.4 is 0 Å². The molecular formula is C7H19Cl3O3. The predicted molar refractivity (Wildman–Crippen MR) is 59.7 cm³/mol. The van der Waals surface area contributed by atoms with Crippen molar-refractivity contribution in [2.24, 2.45) is 0 Å². The molecule has 6 heteroatoms. The molecule has 0 rings (SSSR count). The minimum atomic E-state index is -0.750. The Kier molecular flexibility index (Phi) is 53.0. The minimum absolute atomic E-state index is 0. The van der Waals surface area contributed by atoms with Crippen LogP contribution in [0.15, 0.2) is 0 Å². The van der Waals surface area contributed by atoms with E-state index in [1.54, 1.807) is 6.92 Å². The summed E-state index contributed by atoms with van der Waals surface area (Å²) >= 11 is 14.4. The minimum Gasteiger partial charge on any atom is -0.412 e. The molecule has 0 saturated carbocycles. The van der Waals surface area contributed by atoms with Gasteiger partial charge in [0, 0.05) is 13.2 Å². The molecule has 0 unspecified atom stereocenters. The summed E-state index contributed by atoms with van der Waals surface area (Å²) in [6.07, 6.45) is 2.04. The number of alkyl halides is 3. The van der Waals surface area contributed by atoms with Gasteiger partial charge in [-0.1, -0.05) is 48.1 Å². The van der Waals surface area contributed by atoms with Crippen molar-refractivity contribution >= 4 is 34.8 Å². The van der Waals surface area contributed by atoms with E-state index >= 15 is 0 Å². The summed E-state index contributed by atoms with van der Waals surface area (Å²) in [5.74, 6) is 0. The fourth-order valence-electron chi connectivity index (χ4n) is 0.158. The first-order chi connectivity index (χ1) is 5.56. The number of aliphatic hydroxyl groups is 2. The Labute approximate surface area is 94.9 Å². The lowest BCUT2D eigenvalue weighted by Crippen LogP contribution is -1.75. The van der Waals surface area contributed by atoms with Gasteiger partial charge in [-0.2, -0.15) is 0 Å². The number of aliphatic hydroxyl groups excluding tert-OH is 2. The largest absolute Gasteiger partial charge is 0.412 e. The third-order valence-corrected chi connectivity index (χ3v) is 0.512. The van der Waals surface area contributed by atoms with Gasteiger partial charge in [0.2, 0.25) is 0 Å². The van der Waals surface area contributed by atoms with Gasteiger partial charge in [0.05, 0.1) is 0 Å². The van der Waals surface area contributed by atoms with Gasteiger partial charge in [0.15, 0.2) is 4.30 Å². The van der Waals surface area contributed by atoms with Crippen LogP contribution >= 0.6 is 34.8 Å². The van der Waals surface area contributed by atoms with Gasteiger partial charge >= 0.3 is 0 Å². The van der Waals surface area contributed by atoms with E-state index in [4.69, 9.17) is 45.0 Å². The molecule has 3 nitrogen and oxygen atoms in total. The fraction of sp³-hybridized carbons (Fsp3) is 1.00. The van der Waals surface area contributed by atoms with Crippen molar-refractivity contribution in [1.82, 2.24) is 0 Å². The van der Waals surface area contributed by atoms with E-state index in [0.717, 1.165) is 12.8 Å². The van der Waals surface area contributed by atoms with Crippen LogP contribution in [0.4, 0.5) is 0 Å². The number of hydrogen-bond acceptors (Lipinski definition) is 2. The molecular weight excluding hydrogens is 238 g/mol. The SMILES string of the molecule is CCCCO.CCO.ClC(Cl)Cl.O. The molecule has 0 aliphatic heterocycles. The second-order valence-corrected chi connectivity index (χ2v) is 3.62. The van der Waals surface area contributed by atoms with Crippen molar-refractivity contribution in [3.8, 4) is 0 Å². The van der Waals surface area contributed by atoms with Crippen LogP contribution in [-0.2, 0) is 0 Å². The van der Waals surface area contributed by atoms with Gasteiger partial charge in [0.1, 0.15) is 0 Å².